The van der Waals surface area contributed by atoms with Gasteiger partial charge < -0.3 is 9.64 Å². The van der Waals surface area contributed by atoms with E-state index in [9.17, 15) is 14.4 Å². The van der Waals surface area contributed by atoms with E-state index >= 15 is 0 Å². The maximum absolute atomic E-state index is 13.1. The van der Waals surface area contributed by atoms with Gasteiger partial charge >= 0.3 is 5.97 Å². The summed E-state index contributed by atoms with van der Waals surface area (Å²) in [6, 6.07) is 9.16. The summed E-state index contributed by atoms with van der Waals surface area (Å²) < 4.78 is 7.22. The van der Waals surface area contributed by atoms with Crippen LogP contribution in [0.2, 0.25) is 0 Å². The molecule has 7 nitrogen and oxygen atoms in total. The van der Waals surface area contributed by atoms with Gasteiger partial charge in [-0.25, -0.2) is 9.78 Å². The highest BCUT2D eigenvalue weighted by atomic mass is 32.1. The van der Waals surface area contributed by atoms with Crippen molar-refractivity contribution < 1.29 is 14.3 Å². The molecule has 1 aliphatic rings. The van der Waals surface area contributed by atoms with Gasteiger partial charge in [0.2, 0.25) is 0 Å². The average molecular weight is 440 g/mol. The summed E-state index contributed by atoms with van der Waals surface area (Å²) in [4.78, 5) is 45.7. The number of fused-ring (bicyclic) bond motifs is 2. The minimum Gasteiger partial charge on any atom is -0.448 e. The van der Waals surface area contributed by atoms with Crippen molar-refractivity contribution in [2.24, 2.45) is 0 Å². The van der Waals surface area contributed by atoms with Crippen LogP contribution < -0.4 is 10.5 Å². The number of hydrogen-bond acceptors (Lipinski definition) is 6. The lowest BCUT2D eigenvalue weighted by atomic mass is 10.2. The van der Waals surface area contributed by atoms with Gasteiger partial charge in [-0.05, 0) is 44.4 Å². The number of nitrogens with zero attached hydrogens (tertiary/aromatic N) is 3. The van der Waals surface area contributed by atoms with Gasteiger partial charge in [-0.2, -0.15) is 0 Å². The van der Waals surface area contributed by atoms with Gasteiger partial charge in [0.1, 0.15) is 15.5 Å². The van der Waals surface area contributed by atoms with Crippen molar-refractivity contribution in [2.45, 2.75) is 52.2 Å². The average Bonchev–Trinajstić information content (AvgIpc) is 2.94. The van der Waals surface area contributed by atoms with E-state index in [4.69, 9.17) is 4.74 Å². The molecular formula is C23H25N3O4S. The number of carbonyl (C=O) groups excluding carboxylic acids is 2. The summed E-state index contributed by atoms with van der Waals surface area (Å²) in [5.41, 5.74) is 1.19. The standard InChI is InChI=1S/C23H25N3O4S/c1-14-18-20(24-17-12-8-5-9-13-26(17)22(18)28)31-19(14)23(29)30-15(2)21(27)25(3)16-10-6-4-7-11-16/h4,6-7,10-11,15H,5,8-9,12-13H2,1-3H3. The molecule has 0 N–H and O–H groups in total. The van der Waals surface area contributed by atoms with Crippen LogP contribution in [0, 0.1) is 6.92 Å². The van der Waals surface area contributed by atoms with Gasteiger partial charge in [0.05, 0.1) is 5.39 Å². The molecule has 0 saturated heterocycles. The molecule has 31 heavy (non-hydrogen) atoms. The zero-order valence-corrected chi connectivity index (χ0v) is 18.7. The lowest BCUT2D eigenvalue weighted by Crippen LogP contribution is -2.37. The van der Waals surface area contributed by atoms with E-state index < -0.39 is 12.1 Å². The van der Waals surface area contributed by atoms with Crippen LogP contribution in [-0.2, 0) is 22.5 Å². The zero-order valence-electron chi connectivity index (χ0n) is 17.9. The second kappa shape index (κ2) is 8.63. The quantitative estimate of drug-likeness (QED) is 0.579. The number of thiophene rings is 1. The Kier molecular flexibility index (Phi) is 5.91. The number of anilines is 1. The lowest BCUT2D eigenvalue weighted by Gasteiger charge is -2.21. The largest absolute Gasteiger partial charge is 0.448 e. The van der Waals surface area contributed by atoms with Crippen molar-refractivity contribution in [2.75, 3.05) is 11.9 Å². The summed E-state index contributed by atoms with van der Waals surface area (Å²) in [5.74, 6) is -0.158. The van der Waals surface area contributed by atoms with Crippen LogP contribution in [0.3, 0.4) is 0 Å². The van der Waals surface area contributed by atoms with Crippen molar-refractivity contribution in [1.29, 1.82) is 0 Å². The normalized spacial score (nSPS) is 14.5. The number of rotatable bonds is 4. The summed E-state index contributed by atoms with van der Waals surface area (Å²) in [6.45, 7) is 3.95. The van der Waals surface area contributed by atoms with Crippen LogP contribution in [0.5, 0.6) is 0 Å². The summed E-state index contributed by atoms with van der Waals surface area (Å²) in [7, 11) is 1.64. The third kappa shape index (κ3) is 3.99. The highest BCUT2D eigenvalue weighted by molar-refractivity contribution is 7.20. The Morgan fingerprint density at radius 3 is 2.68 bits per heavy atom. The van der Waals surface area contributed by atoms with E-state index in [-0.39, 0.29) is 11.5 Å². The molecule has 162 valence electrons. The molecule has 0 fully saturated rings. The number of likely N-dealkylation sites (N-methyl/N-ethyl adjacent to an activating group) is 1. The Hall–Kier alpha value is -3.00. The Labute approximate surface area is 184 Å². The molecule has 4 rings (SSSR count). The number of esters is 1. The molecule has 1 aliphatic heterocycles. The molecule has 0 radical (unpaired) electrons. The first-order valence-electron chi connectivity index (χ1n) is 10.4. The number of aryl methyl sites for hydroxylation is 2. The molecule has 3 heterocycles. The predicted molar refractivity (Wildman–Crippen MR) is 121 cm³/mol. The maximum Gasteiger partial charge on any atom is 0.349 e. The second-order valence-electron chi connectivity index (χ2n) is 7.81. The minimum absolute atomic E-state index is 0.0948. The number of amides is 1. The van der Waals surface area contributed by atoms with Gasteiger partial charge in [0.15, 0.2) is 6.10 Å². The molecule has 0 bridgehead atoms. The van der Waals surface area contributed by atoms with Crippen molar-refractivity contribution in [3.05, 3.63) is 57.0 Å². The van der Waals surface area contributed by atoms with Gasteiger partial charge in [-0.15, -0.1) is 11.3 Å². The van der Waals surface area contributed by atoms with Crippen LogP contribution in [0.25, 0.3) is 10.2 Å². The fourth-order valence-corrected chi connectivity index (χ4v) is 4.99. The van der Waals surface area contributed by atoms with Gasteiger partial charge in [0, 0.05) is 25.7 Å². The molecular weight excluding hydrogens is 414 g/mol. The number of ether oxygens (including phenoxy) is 1. The molecule has 1 aromatic carbocycles. The van der Waals surface area contributed by atoms with E-state index in [1.165, 1.54) is 4.90 Å². The first-order chi connectivity index (χ1) is 14.9. The Balaban J connectivity index is 1.59. The third-order valence-corrected chi connectivity index (χ3v) is 6.87. The fraction of sp³-hybridized carbons (Fsp3) is 0.391. The molecule has 1 unspecified atom stereocenters. The first kappa shape index (κ1) is 21.2. The zero-order chi connectivity index (χ0) is 22.1. The van der Waals surface area contributed by atoms with E-state index in [1.54, 1.807) is 25.5 Å². The smallest absolute Gasteiger partial charge is 0.349 e. The van der Waals surface area contributed by atoms with Crippen molar-refractivity contribution in [3.8, 4) is 0 Å². The van der Waals surface area contributed by atoms with E-state index in [0.29, 0.717) is 32.9 Å². The van der Waals surface area contributed by atoms with Crippen LogP contribution in [0.1, 0.15) is 47.2 Å². The van der Waals surface area contributed by atoms with Gasteiger partial charge in [0.25, 0.3) is 11.5 Å². The van der Waals surface area contributed by atoms with Crippen molar-refractivity contribution >= 4 is 39.1 Å². The van der Waals surface area contributed by atoms with Crippen LogP contribution in [0.4, 0.5) is 5.69 Å². The molecule has 0 saturated carbocycles. The van der Waals surface area contributed by atoms with Gasteiger partial charge in [-0.3, -0.25) is 14.2 Å². The van der Waals surface area contributed by atoms with E-state index in [1.807, 2.05) is 30.3 Å². The van der Waals surface area contributed by atoms with Crippen LogP contribution in [0.15, 0.2) is 35.1 Å². The molecule has 0 spiro atoms. The van der Waals surface area contributed by atoms with Gasteiger partial charge in [-0.1, -0.05) is 24.6 Å². The molecule has 2 aromatic heterocycles. The second-order valence-corrected chi connectivity index (χ2v) is 8.81. The van der Waals surface area contributed by atoms with Crippen LogP contribution >= 0.6 is 11.3 Å². The minimum atomic E-state index is -0.965. The van der Waals surface area contributed by atoms with Crippen molar-refractivity contribution in [3.63, 3.8) is 0 Å². The molecule has 8 heteroatoms. The first-order valence-corrected chi connectivity index (χ1v) is 11.3. The Bertz CT molecular complexity index is 1200. The fourth-order valence-electron chi connectivity index (χ4n) is 3.92. The SMILES string of the molecule is Cc1c(C(=O)OC(C)C(=O)N(C)c2ccccc2)sc2nc3n(c(=O)c12)CCCCC3. The van der Waals surface area contributed by atoms with Crippen LogP contribution in [-0.4, -0.2) is 34.6 Å². The molecule has 0 aliphatic carbocycles. The highest BCUT2D eigenvalue weighted by Gasteiger charge is 2.27. The maximum atomic E-state index is 13.1. The Morgan fingerprint density at radius 1 is 1.19 bits per heavy atom. The third-order valence-electron chi connectivity index (χ3n) is 5.70. The van der Waals surface area contributed by atoms with Crippen molar-refractivity contribution in [1.82, 2.24) is 9.55 Å². The number of para-hydroxylation sites is 1. The molecule has 1 amide bonds. The summed E-state index contributed by atoms with van der Waals surface area (Å²) in [5, 5.41) is 0.475. The number of benzene rings is 1. The monoisotopic (exact) mass is 439 g/mol. The number of carbonyl (C=O) groups is 2. The summed E-state index contributed by atoms with van der Waals surface area (Å²) >= 11 is 1.16. The molecule has 3 aromatic rings. The lowest BCUT2D eigenvalue weighted by molar-refractivity contribution is -0.126. The predicted octanol–water partition coefficient (Wildman–Crippen LogP) is 3.70. The summed E-state index contributed by atoms with van der Waals surface area (Å²) in [6.07, 6.45) is 2.83. The van der Waals surface area contributed by atoms with E-state index in [0.717, 1.165) is 42.8 Å². The highest BCUT2D eigenvalue weighted by Crippen LogP contribution is 2.29. The number of hydrogen-bond donors (Lipinski definition) is 0. The number of aromatic nitrogens is 2. The topological polar surface area (TPSA) is 81.5 Å². The van der Waals surface area contributed by atoms with E-state index in [2.05, 4.69) is 4.98 Å². The molecule has 1 atom stereocenters. The Morgan fingerprint density at radius 2 is 1.94 bits per heavy atom.